The highest BCUT2D eigenvalue weighted by atomic mass is 32.1. The van der Waals surface area contributed by atoms with Gasteiger partial charge < -0.3 is 10.1 Å². The molecule has 0 aliphatic carbocycles. The molecule has 25 heavy (non-hydrogen) atoms. The van der Waals surface area contributed by atoms with E-state index in [4.69, 9.17) is 17.0 Å². The molecule has 1 atom stereocenters. The number of esters is 1. The molecule has 1 aliphatic heterocycles. The first-order chi connectivity index (χ1) is 11.9. The molecule has 0 radical (unpaired) electrons. The number of anilines is 1. The highest BCUT2D eigenvalue weighted by molar-refractivity contribution is 7.80. The predicted octanol–water partition coefficient (Wildman–Crippen LogP) is 4.08. The molecular formula is C18H17FN2O2S2. The van der Waals surface area contributed by atoms with Crippen molar-refractivity contribution in [3.05, 3.63) is 63.2 Å². The minimum absolute atomic E-state index is 0.326. The van der Waals surface area contributed by atoms with Gasteiger partial charge in [0.1, 0.15) is 5.82 Å². The van der Waals surface area contributed by atoms with E-state index in [1.54, 1.807) is 30.9 Å². The van der Waals surface area contributed by atoms with Gasteiger partial charge in [0.05, 0.1) is 24.4 Å². The monoisotopic (exact) mass is 376 g/mol. The van der Waals surface area contributed by atoms with Gasteiger partial charge in [-0.2, -0.15) is 0 Å². The van der Waals surface area contributed by atoms with E-state index in [-0.39, 0.29) is 11.9 Å². The zero-order valence-corrected chi connectivity index (χ0v) is 15.6. The molecule has 0 saturated heterocycles. The van der Waals surface area contributed by atoms with Crippen LogP contribution in [0.3, 0.4) is 0 Å². The molecule has 1 aromatic carbocycles. The first-order valence-corrected chi connectivity index (χ1v) is 8.92. The van der Waals surface area contributed by atoms with E-state index in [0.717, 1.165) is 4.88 Å². The molecule has 1 aromatic heterocycles. The number of rotatable bonds is 3. The highest BCUT2D eigenvalue weighted by Crippen LogP contribution is 2.36. The quantitative estimate of drug-likeness (QED) is 0.646. The maximum absolute atomic E-state index is 14.0. The van der Waals surface area contributed by atoms with Crippen LogP contribution in [0.5, 0.6) is 0 Å². The van der Waals surface area contributed by atoms with Gasteiger partial charge in [0, 0.05) is 10.6 Å². The van der Waals surface area contributed by atoms with E-state index in [0.29, 0.717) is 27.6 Å². The average molecular weight is 376 g/mol. The lowest BCUT2D eigenvalue weighted by Gasteiger charge is -2.37. The Morgan fingerprint density at radius 1 is 1.36 bits per heavy atom. The number of thiophene rings is 1. The van der Waals surface area contributed by atoms with Crippen LogP contribution in [-0.4, -0.2) is 18.2 Å². The Bertz CT molecular complexity index is 862. The number of nitrogens with one attached hydrogen (secondary N) is 1. The lowest BCUT2D eigenvalue weighted by Crippen LogP contribution is -2.47. The largest absolute Gasteiger partial charge is 0.466 e. The third-order valence-electron chi connectivity index (χ3n) is 4.13. The van der Waals surface area contributed by atoms with Crippen LogP contribution in [0.4, 0.5) is 10.1 Å². The molecule has 0 saturated carbocycles. The summed E-state index contributed by atoms with van der Waals surface area (Å²) in [6.45, 7) is 3.49. The maximum Gasteiger partial charge on any atom is 0.338 e. The lowest BCUT2D eigenvalue weighted by molar-refractivity contribution is -0.136. The van der Waals surface area contributed by atoms with Gasteiger partial charge in [0.2, 0.25) is 0 Å². The van der Waals surface area contributed by atoms with Crippen LogP contribution in [0.1, 0.15) is 23.4 Å². The summed E-state index contributed by atoms with van der Waals surface area (Å²) in [5.41, 5.74) is 2.19. The topological polar surface area (TPSA) is 41.6 Å². The fourth-order valence-electron chi connectivity index (χ4n) is 2.82. The van der Waals surface area contributed by atoms with Crippen LogP contribution in [0.25, 0.3) is 0 Å². The third kappa shape index (κ3) is 3.17. The number of carbonyl (C=O) groups excluding carboxylic acids is 1. The molecule has 130 valence electrons. The second-order valence-corrected chi connectivity index (χ2v) is 7.02. The van der Waals surface area contributed by atoms with Crippen molar-refractivity contribution in [3.63, 3.8) is 0 Å². The van der Waals surface area contributed by atoms with E-state index in [1.807, 2.05) is 17.5 Å². The number of halogens is 1. The standard InChI is InChI=1S/C18H17FN2O2S2/c1-10-6-7-12(9-13(10)19)21-11(2)15(17(22)23-3)16(20-18(21)24)14-5-4-8-25-14/h4-9,16H,1-3H3,(H,20,24)/t16-/m1/s1. The van der Waals surface area contributed by atoms with Crippen LogP contribution >= 0.6 is 23.6 Å². The van der Waals surface area contributed by atoms with Crippen LogP contribution in [0, 0.1) is 12.7 Å². The van der Waals surface area contributed by atoms with Crippen molar-refractivity contribution in [1.82, 2.24) is 5.32 Å². The zero-order valence-electron chi connectivity index (χ0n) is 14.0. The number of ether oxygens (including phenoxy) is 1. The lowest BCUT2D eigenvalue weighted by atomic mass is 10.00. The van der Waals surface area contributed by atoms with Gasteiger partial charge in [0.25, 0.3) is 0 Å². The Hall–Kier alpha value is -2.25. The first-order valence-electron chi connectivity index (χ1n) is 7.63. The van der Waals surface area contributed by atoms with Gasteiger partial charge >= 0.3 is 5.97 Å². The van der Waals surface area contributed by atoms with Gasteiger partial charge in [-0.15, -0.1) is 11.3 Å². The molecule has 3 rings (SSSR count). The number of hydrogen-bond acceptors (Lipinski definition) is 4. The Morgan fingerprint density at radius 2 is 2.12 bits per heavy atom. The minimum Gasteiger partial charge on any atom is -0.466 e. The maximum atomic E-state index is 14.0. The summed E-state index contributed by atoms with van der Waals surface area (Å²) in [6.07, 6.45) is 0. The summed E-state index contributed by atoms with van der Waals surface area (Å²) >= 11 is 7.02. The highest BCUT2D eigenvalue weighted by Gasteiger charge is 2.35. The fourth-order valence-corrected chi connectivity index (χ4v) is 3.96. The molecule has 0 amide bonds. The molecule has 7 heteroatoms. The van der Waals surface area contributed by atoms with Crippen molar-refractivity contribution in [2.45, 2.75) is 19.9 Å². The SMILES string of the molecule is COC(=O)C1=C(C)N(c2ccc(C)c(F)c2)C(=S)N[C@@H]1c1cccs1. The molecule has 2 aromatic rings. The van der Waals surface area contributed by atoms with E-state index >= 15 is 0 Å². The van der Waals surface area contributed by atoms with Gasteiger partial charge in [-0.25, -0.2) is 9.18 Å². The number of aryl methyl sites for hydroxylation is 1. The van der Waals surface area contributed by atoms with Crippen molar-refractivity contribution in [1.29, 1.82) is 0 Å². The summed E-state index contributed by atoms with van der Waals surface area (Å²) in [5.74, 6) is -0.767. The van der Waals surface area contributed by atoms with Crippen molar-refractivity contribution in [2.75, 3.05) is 12.0 Å². The van der Waals surface area contributed by atoms with Crippen LogP contribution in [0.15, 0.2) is 47.0 Å². The van der Waals surface area contributed by atoms with Gasteiger partial charge in [-0.3, -0.25) is 4.90 Å². The smallest absolute Gasteiger partial charge is 0.338 e. The van der Waals surface area contributed by atoms with Crippen molar-refractivity contribution in [3.8, 4) is 0 Å². The molecule has 0 fully saturated rings. The fraction of sp³-hybridized carbons (Fsp3) is 0.222. The molecule has 1 aliphatic rings. The number of methoxy groups -OCH3 is 1. The van der Waals surface area contributed by atoms with E-state index in [9.17, 15) is 9.18 Å². The Balaban J connectivity index is 2.14. The summed E-state index contributed by atoms with van der Waals surface area (Å²) in [4.78, 5) is 15.0. The predicted molar refractivity (Wildman–Crippen MR) is 101 cm³/mol. The normalized spacial score (nSPS) is 17.5. The van der Waals surface area contributed by atoms with Crippen LogP contribution in [-0.2, 0) is 9.53 Å². The zero-order chi connectivity index (χ0) is 18.1. The third-order valence-corrected chi connectivity index (χ3v) is 5.37. The van der Waals surface area contributed by atoms with Gasteiger partial charge in [-0.05, 0) is 55.2 Å². The molecule has 2 heterocycles. The summed E-state index contributed by atoms with van der Waals surface area (Å²) in [7, 11) is 1.34. The second-order valence-electron chi connectivity index (χ2n) is 5.66. The van der Waals surface area contributed by atoms with Gasteiger partial charge in [0.15, 0.2) is 5.11 Å². The van der Waals surface area contributed by atoms with Crippen LogP contribution in [0.2, 0.25) is 0 Å². The number of hydrogen-bond donors (Lipinski definition) is 1. The molecule has 4 nitrogen and oxygen atoms in total. The molecule has 0 spiro atoms. The van der Waals surface area contributed by atoms with Crippen LogP contribution < -0.4 is 10.2 Å². The molecular weight excluding hydrogens is 359 g/mol. The number of nitrogens with zero attached hydrogens (tertiary/aromatic N) is 1. The Kier molecular flexibility index (Phi) is 4.87. The average Bonchev–Trinajstić information content (AvgIpc) is 3.11. The van der Waals surface area contributed by atoms with Crippen molar-refractivity contribution >= 4 is 40.3 Å². The number of thiocarbonyl (C=S) groups is 1. The summed E-state index contributed by atoms with van der Waals surface area (Å²) in [5, 5.41) is 5.53. The minimum atomic E-state index is -0.441. The van der Waals surface area contributed by atoms with Crippen molar-refractivity contribution in [2.24, 2.45) is 0 Å². The second kappa shape index (κ2) is 6.93. The number of allylic oxidation sites excluding steroid dienone is 1. The summed E-state index contributed by atoms with van der Waals surface area (Å²) < 4.78 is 19.0. The Morgan fingerprint density at radius 3 is 2.72 bits per heavy atom. The number of carbonyl (C=O) groups is 1. The van der Waals surface area contributed by atoms with E-state index in [2.05, 4.69) is 5.32 Å². The first kappa shape index (κ1) is 17.6. The molecule has 1 N–H and O–H groups in total. The Labute approximate surface area is 154 Å². The van der Waals surface area contributed by atoms with Crippen molar-refractivity contribution < 1.29 is 13.9 Å². The van der Waals surface area contributed by atoms with Gasteiger partial charge in [-0.1, -0.05) is 12.1 Å². The molecule has 0 unspecified atom stereocenters. The number of benzene rings is 1. The summed E-state index contributed by atoms with van der Waals surface area (Å²) in [6, 6.07) is 8.33. The van der Waals surface area contributed by atoms with E-state index < -0.39 is 5.97 Å². The molecule has 0 bridgehead atoms. The van der Waals surface area contributed by atoms with E-state index in [1.165, 1.54) is 24.5 Å².